The molecular weight excluding hydrogens is 459 g/mol. The molecule has 33 heavy (non-hydrogen) atoms. The molecule has 2 aromatic rings. The van der Waals surface area contributed by atoms with Gasteiger partial charge in [0.05, 0.1) is 18.2 Å². The number of alkyl halides is 3. The number of ether oxygens (including phenoxy) is 1. The van der Waals surface area contributed by atoms with Gasteiger partial charge in [-0.2, -0.15) is 13.2 Å². The molecule has 0 fully saturated rings. The zero-order chi connectivity index (χ0) is 24.8. The molecule has 0 radical (unpaired) electrons. The van der Waals surface area contributed by atoms with E-state index >= 15 is 0 Å². The summed E-state index contributed by atoms with van der Waals surface area (Å²) in [5.41, 5.74) is 1.25. The van der Waals surface area contributed by atoms with Crippen molar-refractivity contribution >= 4 is 22.9 Å². The lowest BCUT2D eigenvalue weighted by molar-refractivity contribution is -0.141. The number of amides is 1. The zero-order valence-corrected chi connectivity index (χ0v) is 19.7. The molecule has 0 bridgehead atoms. The topological polar surface area (TPSA) is 91.8 Å². The maximum Gasteiger partial charge on any atom is 0.433 e. The maximum absolute atomic E-state index is 13.0. The minimum absolute atomic E-state index is 0.0426. The summed E-state index contributed by atoms with van der Waals surface area (Å²) < 4.78 is 66.3. The van der Waals surface area contributed by atoms with E-state index < -0.39 is 29.1 Å². The lowest BCUT2D eigenvalue weighted by Gasteiger charge is -2.19. The van der Waals surface area contributed by atoms with Crippen molar-refractivity contribution in [2.45, 2.75) is 52.3 Å². The fourth-order valence-electron chi connectivity index (χ4n) is 3.07. The number of aromatic nitrogens is 1. The van der Waals surface area contributed by atoms with Gasteiger partial charge < -0.3 is 10.1 Å². The lowest BCUT2D eigenvalue weighted by atomic mass is 9.97. The number of carbonyl (C=O) groups is 1. The maximum atomic E-state index is 13.0. The molecule has 0 spiro atoms. The predicted octanol–water partition coefficient (Wildman–Crippen LogP) is 4.58. The molecule has 0 aliphatic rings. The van der Waals surface area contributed by atoms with Crippen LogP contribution >= 0.6 is 0 Å². The van der Waals surface area contributed by atoms with E-state index in [0.29, 0.717) is 23.2 Å². The Morgan fingerprint density at radius 1 is 1.30 bits per heavy atom. The highest BCUT2D eigenvalue weighted by Crippen LogP contribution is 2.30. The van der Waals surface area contributed by atoms with Crippen LogP contribution in [0.5, 0.6) is 5.88 Å². The van der Waals surface area contributed by atoms with Gasteiger partial charge in [-0.15, -0.1) is 0 Å². The Morgan fingerprint density at radius 3 is 2.58 bits per heavy atom. The van der Waals surface area contributed by atoms with Crippen molar-refractivity contribution in [2.75, 3.05) is 18.0 Å². The molecule has 11 heteroatoms. The number of benzene rings is 1. The van der Waals surface area contributed by atoms with Gasteiger partial charge in [-0.3, -0.25) is 13.7 Å². The van der Waals surface area contributed by atoms with E-state index in [2.05, 4.69) is 10.3 Å². The summed E-state index contributed by atoms with van der Waals surface area (Å²) in [5, 5.41) is 2.72. The molecule has 1 amide bonds. The molecule has 0 saturated heterocycles. The Morgan fingerprint density at radius 2 is 2.00 bits per heavy atom. The second-order valence-electron chi connectivity index (χ2n) is 7.57. The van der Waals surface area contributed by atoms with Gasteiger partial charge in [0, 0.05) is 19.2 Å². The minimum atomic E-state index is -4.60. The largest absolute Gasteiger partial charge is 0.477 e. The van der Waals surface area contributed by atoms with Crippen molar-refractivity contribution in [2.24, 2.45) is 0 Å². The Kier molecular flexibility index (Phi) is 9.24. The number of hydrogen-bond acceptors (Lipinski definition) is 4. The lowest BCUT2D eigenvalue weighted by Crippen LogP contribution is -2.28. The van der Waals surface area contributed by atoms with Crippen LogP contribution in [0.15, 0.2) is 30.3 Å². The molecular formula is C22H28F3N3O4S. The van der Waals surface area contributed by atoms with Crippen molar-refractivity contribution in [3.63, 3.8) is 0 Å². The third-order valence-corrected chi connectivity index (χ3v) is 5.77. The van der Waals surface area contributed by atoms with E-state index in [0.717, 1.165) is 18.1 Å². The van der Waals surface area contributed by atoms with E-state index in [1.54, 1.807) is 32.0 Å². The number of nitrogens with one attached hydrogen (secondary N) is 1. The van der Waals surface area contributed by atoms with Crippen LogP contribution in [-0.4, -0.2) is 33.3 Å². The van der Waals surface area contributed by atoms with Crippen LogP contribution in [0.1, 0.15) is 55.0 Å². The van der Waals surface area contributed by atoms with Gasteiger partial charge in [-0.05, 0) is 49.6 Å². The second kappa shape index (κ2) is 11.5. The van der Waals surface area contributed by atoms with Gasteiger partial charge in [0.25, 0.3) is 11.3 Å². The number of pyridine rings is 1. The first-order chi connectivity index (χ1) is 15.5. The molecule has 7 nitrogen and oxygen atoms in total. The summed E-state index contributed by atoms with van der Waals surface area (Å²) in [6.45, 7) is 5.57. The average molecular weight is 488 g/mol. The number of unbranched alkanes of at least 4 members (excludes halogenated alkanes) is 1. The van der Waals surface area contributed by atoms with Crippen molar-refractivity contribution in [1.29, 1.82) is 0 Å². The molecule has 1 aromatic carbocycles. The summed E-state index contributed by atoms with van der Waals surface area (Å²) in [6.07, 6.45) is -3.13. The Balaban J connectivity index is 2.14. The van der Waals surface area contributed by atoms with Gasteiger partial charge in [0.1, 0.15) is 5.69 Å². The van der Waals surface area contributed by atoms with Gasteiger partial charge in [0.15, 0.2) is 0 Å². The third kappa shape index (κ3) is 7.16. The van der Waals surface area contributed by atoms with Crippen LogP contribution in [-0.2, 0) is 28.8 Å². The van der Waals surface area contributed by atoms with Gasteiger partial charge >= 0.3 is 6.18 Å². The molecule has 2 N–H and O–H groups in total. The van der Waals surface area contributed by atoms with E-state index in [-0.39, 0.29) is 24.9 Å². The fraction of sp³-hybridized carbons (Fsp3) is 0.455. The number of carbonyl (C=O) groups excluding carboxylic acids is 1. The first kappa shape index (κ1) is 26.6. The number of rotatable bonds is 10. The van der Waals surface area contributed by atoms with Gasteiger partial charge in [-0.1, -0.05) is 25.5 Å². The highest BCUT2D eigenvalue weighted by Gasteiger charge is 2.33. The molecule has 2 rings (SSSR count). The molecule has 0 saturated carbocycles. The number of anilines is 1. The Labute approximate surface area is 193 Å². The van der Waals surface area contributed by atoms with Crippen LogP contribution in [0.25, 0.3) is 0 Å². The summed E-state index contributed by atoms with van der Waals surface area (Å²) in [4.78, 5) is 16.3. The summed E-state index contributed by atoms with van der Waals surface area (Å²) >= 11 is -2.17. The first-order valence-electron chi connectivity index (χ1n) is 10.4. The standard InChI is InChI=1S/C22H28F3N3O4S/c1-5-6-11-32-21-17(8-10-19(27-21)22(23,24)25)13-26-20(29)15(3)16-7-9-18(14(2)12-16)28(4)33(30)31/h7-10,12,15H,5-6,11,13H2,1-4H3,(H,26,29)(H,30,31). The van der Waals surface area contributed by atoms with Gasteiger partial charge in [0.2, 0.25) is 11.8 Å². The Hall–Kier alpha value is -2.66. The molecule has 1 aromatic heterocycles. The van der Waals surface area contributed by atoms with Crippen LogP contribution in [0.2, 0.25) is 0 Å². The average Bonchev–Trinajstić information content (AvgIpc) is 2.76. The smallest absolute Gasteiger partial charge is 0.433 e. The van der Waals surface area contributed by atoms with Crippen molar-refractivity contribution < 1.29 is 31.5 Å². The number of hydrogen-bond donors (Lipinski definition) is 2. The minimum Gasteiger partial charge on any atom is -0.477 e. The third-order valence-electron chi connectivity index (χ3n) is 5.11. The second-order valence-corrected chi connectivity index (χ2v) is 8.58. The normalized spacial score (nSPS) is 13.3. The number of halogens is 3. The van der Waals surface area contributed by atoms with E-state index in [9.17, 15) is 26.7 Å². The molecule has 2 unspecified atom stereocenters. The van der Waals surface area contributed by atoms with E-state index in [1.165, 1.54) is 17.4 Å². The molecule has 2 atom stereocenters. The highest BCUT2D eigenvalue weighted by molar-refractivity contribution is 7.80. The molecule has 1 heterocycles. The first-order valence-corrected chi connectivity index (χ1v) is 11.4. The van der Waals surface area contributed by atoms with Gasteiger partial charge in [-0.25, -0.2) is 9.19 Å². The van der Waals surface area contributed by atoms with E-state index in [1.807, 2.05) is 6.92 Å². The molecule has 0 aliphatic carbocycles. The van der Waals surface area contributed by atoms with Crippen LogP contribution in [0.4, 0.5) is 18.9 Å². The van der Waals surface area contributed by atoms with Crippen molar-refractivity contribution in [3.05, 3.63) is 52.7 Å². The van der Waals surface area contributed by atoms with Crippen LogP contribution in [0.3, 0.4) is 0 Å². The van der Waals surface area contributed by atoms with Crippen LogP contribution < -0.4 is 14.4 Å². The zero-order valence-electron chi connectivity index (χ0n) is 18.9. The summed E-state index contributed by atoms with van der Waals surface area (Å²) in [7, 11) is 1.48. The quantitative estimate of drug-likeness (QED) is 0.378. The summed E-state index contributed by atoms with van der Waals surface area (Å²) in [5.74, 6) is -1.04. The predicted molar refractivity (Wildman–Crippen MR) is 120 cm³/mol. The van der Waals surface area contributed by atoms with Crippen LogP contribution in [0, 0.1) is 6.92 Å². The monoisotopic (exact) mass is 487 g/mol. The van der Waals surface area contributed by atoms with E-state index in [4.69, 9.17) is 4.74 Å². The number of nitrogens with zero attached hydrogens (tertiary/aromatic N) is 2. The fourth-order valence-corrected chi connectivity index (χ4v) is 3.45. The van der Waals surface area contributed by atoms with Crippen molar-refractivity contribution in [1.82, 2.24) is 10.3 Å². The molecule has 0 aliphatic heterocycles. The highest BCUT2D eigenvalue weighted by atomic mass is 32.2. The summed E-state index contributed by atoms with van der Waals surface area (Å²) in [6, 6.07) is 7.21. The molecule has 182 valence electrons. The Bertz CT molecular complexity index is 1000. The van der Waals surface area contributed by atoms with Crippen molar-refractivity contribution in [3.8, 4) is 5.88 Å². The number of aryl methyl sites for hydroxylation is 1. The SMILES string of the molecule is CCCCOc1nc(C(F)(F)F)ccc1CNC(=O)C(C)c1ccc(N(C)S(=O)O)c(C)c1.